The second kappa shape index (κ2) is 13.1. The number of aromatic nitrogens is 3. The molecule has 3 atom stereocenters. The number of nitrogens with one attached hydrogen (secondary N) is 2. The van der Waals surface area contributed by atoms with Gasteiger partial charge in [0.15, 0.2) is 11.1 Å². The molecule has 3 fully saturated rings. The molecule has 1 aliphatic heterocycles. The number of piperidine rings is 1. The van der Waals surface area contributed by atoms with Gasteiger partial charge in [0.25, 0.3) is 0 Å². The van der Waals surface area contributed by atoms with Crippen LogP contribution in [0.2, 0.25) is 0 Å². The molecular weight excluding hydrogens is 655 g/mol. The number of halogens is 5. The Bertz CT molecular complexity index is 1700. The van der Waals surface area contributed by atoms with Crippen LogP contribution in [0.3, 0.4) is 0 Å². The lowest BCUT2D eigenvalue weighted by Crippen LogP contribution is -2.57. The lowest BCUT2D eigenvalue weighted by atomic mass is 9.72. The molecule has 3 heterocycles. The Labute approximate surface area is 278 Å². The van der Waals surface area contributed by atoms with E-state index in [1.54, 1.807) is 37.4 Å². The third kappa shape index (κ3) is 7.42. The molecule has 49 heavy (non-hydrogen) atoms. The van der Waals surface area contributed by atoms with Crippen LogP contribution in [0, 0.1) is 17.3 Å². The fourth-order valence-electron chi connectivity index (χ4n) is 6.83. The van der Waals surface area contributed by atoms with E-state index in [-0.39, 0.29) is 55.4 Å². The average Bonchev–Trinajstić information content (AvgIpc) is 3.82. The zero-order valence-corrected chi connectivity index (χ0v) is 26.7. The van der Waals surface area contributed by atoms with Gasteiger partial charge in [-0.25, -0.2) is 23.1 Å². The lowest BCUT2D eigenvalue weighted by Gasteiger charge is -2.37. The number of carbonyl (C=O) groups is 3. The second-order valence-corrected chi connectivity index (χ2v) is 13.4. The Morgan fingerprint density at radius 3 is 2.49 bits per heavy atom. The number of imidazole rings is 1. The Morgan fingerprint density at radius 1 is 1.16 bits per heavy atom. The number of carboxylic acid groups (broad SMARTS) is 1. The van der Waals surface area contributed by atoms with Crippen LogP contribution in [-0.2, 0) is 27.4 Å². The molecule has 0 radical (unpaired) electrons. The monoisotopic (exact) mass is 692 g/mol. The van der Waals surface area contributed by atoms with Crippen molar-refractivity contribution in [3.63, 3.8) is 0 Å². The minimum Gasteiger partial charge on any atom is -0.480 e. The number of aliphatic carboxylic acids is 1. The summed E-state index contributed by atoms with van der Waals surface area (Å²) in [6.45, 7) is -0.748. The number of ether oxygens (including phenoxy) is 1. The molecule has 11 nitrogen and oxygen atoms in total. The number of carbonyl (C=O) groups excluding carboxylic acids is 2. The third-order valence-electron chi connectivity index (χ3n) is 9.92. The Hall–Kier alpha value is -4.50. The number of hydrogen-bond donors (Lipinski definition) is 3. The Morgan fingerprint density at radius 2 is 1.86 bits per heavy atom. The van der Waals surface area contributed by atoms with Crippen molar-refractivity contribution in [3.8, 4) is 0 Å². The van der Waals surface area contributed by atoms with Crippen molar-refractivity contribution in [2.45, 2.75) is 82.2 Å². The summed E-state index contributed by atoms with van der Waals surface area (Å²) >= 11 is 0. The quantitative estimate of drug-likeness (QED) is 0.189. The molecule has 2 amide bonds. The first-order chi connectivity index (χ1) is 23.1. The van der Waals surface area contributed by atoms with Crippen molar-refractivity contribution < 1.29 is 46.2 Å². The SMILES string of the molecule is CN(c1cc2nc(C(NC(=O)OCc3ccccc3)C3CCC(F)(F)CC3)cn2nc1CC1(C(=O)O)C[C@@H](C(F)(F)F)CNC1=O)C1CC1. The second-order valence-electron chi connectivity index (χ2n) is 13.4. The molecule has 264 valence electrons. The van der Waals surface area contributed by atoms with Crippen molar-refractivity contribution in [2.75, 3.05) is 18.5 Å². The number of rotatable bonds is 10. The van der Waals surface area contributed by atoms with E-state index in [1.807, 2.05) is 11.0 Å². The highest BCUT2D eigenvalue weighted by Gasteiger charge is 2.57. The molecule has 2 aliphatic carbocycles. The van der Waals surface area contributed by atoms with Gasteiger partial charge in [0.2, 0.25) is 11.8 Å². The van der Waals surface area contributed by atoms with Gasteiger partial charge < -0.3 is 25.4 Å². The van der Waals surface area contributed by atoms with Crippen LogP contribution in [-0.4, -0.2) is 69.4 Å². The molecule has 2 aromatic heterocycles. The highest BCUT2D eigenvalue weighted by atomic mass is 19.4. The summed E-state index contributed by atoms with van der Waals surface area (Å²) in [6, 6.07) is 9.80. The van der Waals surface area contributed by atoms with Gasteiger partial charge >= 0.3 is 18.2 Å². The highest BCUT2D eigenvalue weighted by Crippen LogP contribution is 2.44. The largest absolute Gasteiger partial charge is 0.480 e. The van der Waals surface area contributed by atoms with Gasteiger partial charge in [-0.05, 0) is 43.6 Å². The van der Waals surface area contributed by atoms with Crippen molar-refractivity contribution >= 4 is 29.3 Å². The van der Waals surface area contributed by atoms with Crippen LogP contribution in [0.25, 0.3) is 5.65 Å². The predicted molar refractivity (Wildman–Crippen MR) is 165 cm³/mol. The number of fused-ring (bicyclic) bond motifs is 1. The first-order valence-electron chi connectivity index (χ1n) is 16.2. The normalized spacial score (nSPS) is 23.5. The summed E-state index contributed by atoms with van der Waals surface area (Å²) < 4.78 is 76.4. The maximum Gasteiger partial charge on any atom is 0.408 e. The van der Waals surface area contributed by atoms with Crippen LogP contribution in [0.4, 0.5) is 32.4 Å². The van der Waals surface area contributed by atoms with E-state index in [0.29, 0.717) is 5.69 Å². The number of carboxylic acids is 1. The van der Waals surface area contributed by atoms with E-state index >= 15 is 0 Å². The minimum absolute atomic E-state index is 0.0246. The molecule has 3 aromatic rings. The number of anilines is 1. The zero-order chi connectivity index (χ0) is 35.1. The summed E-state index contributed by atoms with van der Waals surface area (Å²) in [5.74, 6) is -8.04. The van der Waals surface area contributed by atoms with Crippen LogP contribution in [0.15, 0.2) is 42.6 Å². The Balaban J connectivity index is 1.35. The molecule has 0 bridgehead atoms. The van der Waals surface area contributed by atoms with Crippen molar-refractivity contribution in [1.29, 1.82) is 0 Å². The predicted octanol–water partition coefficient (Wildman–Crippen LogP) is 5.43. The third-order valence-corrected chi connectivity index (χ3v) is 9.92. The van der Waals surface area contributed by atoms with Crippen LogP contribution < -0.4 is 15.5 Å². The Kier molecular flexibility index (Phi) is 9.17. The van der Waals surface area contributed by atoms with Crippen LogP contribution in [0.5, 0.6) is 0 Å². The summed E-state index contributed by atoms with van der Waals surface area (Å²) in [6.07, 6.45) is -4.53. The van der Waals surface area contributed by atoms with Gasteiger partial charge in [-0.1, -0.05) is 30.3 Å². The molecule has 6 rings (SSSR count). The molecule has 1 aromatic carbocycles. The zero-order valence-electron chi connectivity index (χ0n) is 26.7. The topological polar surface area (TPSA) is 138 Å². The van der Waals surface area contributed by atoms with E-state index in [2.05, 4.69) is 15.7 Å². The fraction of sp³-hybridized carbons (Fsp3) is 0.545. The molecule has 3 aliphatic rings. The average molecular weight is 693 g/mol. The van der Waals surface area contributed by atoms with E-state index < -0.39 is 72.7 Å². The number of alkyl carbamates (subject to hydrolysis) is 1. The van der Waals surface area contributed by atoms with Gasteiger partial charge in [0.1, 0.15) is 6.61 Å². The summed E-state index contributed by atoms with van der Waals surface area (Å²) in [5.41, 5.74) is -0.652. The smallest absolute Gasteiger partial charge is 0.408 e. The van der Waals surface area contributed by atoms with Gasteiger partial charge in [0, 0.05) is 45.0 Å². The standard InChI is InChI=1S/C33H37F5N6O5/c1-43(22-7-8-22)25-13-26-40-24(17-44(26)42-23(25)15-31(29(46)47)14-21(33(36,37)38)16-39-28(31)45)27(20-9-11-32(34,35)12-10-20)41-30(48)49-18-19-5-3-2-4-6-19/h2-6,13,17,20-22,27H,7-12,14-16,18H2,1H3,(H,39,45)(H,41,48)(H,46,47)/t21-,27?,31?/m1/s1. The molecule has 1 saturated heterocycles. The summed E-state index contributed by atoms with van der Waals surface area (Å²) in [5, 5.41) is 19.8. The van der Waals surface area contributed by atoms with Crippen molar-refractivity contribution in [3.05, 3.63) is 59.5 Å². The number of alkyl halides is 5. The van der Waals surface area contributed by atoms with E-state index in [9.17, 15) is 41.4 Å². The number of hydrogen-bond acceptors (Lipinski definition) is 7. The maximum atomic E-state index is 14.1. The fourth-order valence-corrected chi connectivity index (χ4v) is 6.83. The summed E-state index contributed by atoms with van der Waals surface area (Å²) in [4.78, 5) is 45.2. The number of nitrogens with zero attached hydrogens (tertiary/aromatic N) is 4. The van der Waals surface area contributed by atoms with Crippen LogP contribution >= 0.6 is 0 Å². The number of benzene rings is 1. The molecular formula is C33H37F5N6O5. The van der Waals surface area contributed by atoms with Crippen LogP contribution in [0.1, 0.15) is 67.9 Å². The first-order valence-corrected chi connectivity index (χ1v) is 16.2. The van der Waals surface area contributed by atoms with E-state index in [0.717, 1.165) is 18.4 Å². The molecule has 2 saturated carbocycles. The number of amides is 2. The molecule has 3 N–H and O–H groups in total. The first kappa shape index (κ1) is 34.4. The summed E-state index contributed by atoms with van der Waals surface area (Å²) in [7, 11) is 1.75. The molecule has 16 heteroatoms. The van der Waals surface area contributed by atoms with Crippen molar-refractivity contribution in [2.24, 2.45) is 17.3 Å². The highest BCUT2D eigenvalue weighted by molar-refractivity contribution is 6.03. The van der Waals surface area contributed by atoms with E-state index in [4.69, 9.17) is 9.72 Å². The maximum absolute atomic E-state index is 14.1. The lowest BCUT2D eigenvalue weighted by molar-refractivity contribution is -0.194. The van der Waals surface area contributed by atoms with Gasteiger partial charge in [-0.2, -0.15) is 18.3 Å². The molecule has 0 spiro atoms. The molecule has 2 unspecified atom stereocenters. The van der Waals surface area contributed by atoms with Gasteiger partial charge in [-0.15, -0.1) is 0 Å². The van der Waals surface area contributed by atoms with Crippen molar-refractivity contribution in [1.82, 2.24) is 25.2 Å². The van der Waals surface area contributed by atoms with E-state index in [1.165, 1.54) is 10.7 Å². The van der Waals surface area contributed by atoms with Gasteiger partial charge in [0.05, 0.1) is 35.2 Å². The van der Waals surface area contributed by atoms with Gasteiger partial charge in [-0.3, -0.25) is 9.59 Å². The minimum atomic E-state index is -4.73.